The number of carboxylic acid groups (broad SMARTS) is 1. The van der Waals surface area contributed by atoms with E-state index in [9.17, 15) is 4.79 Å². The predicted molar refractivity (Wildman–Crippen MR) is 83.5 cm³/mol. The second-order valence-electron chi connectivity index (χ2n) is 6.02. The van der Waals surface area contributed by atoms with Crippen LogP contribution in [-0.4, -0.2) is 16.1 Å². The van der Waals surface area contributed by atoms with Crippen molar-refractivity contribution < 1.29 is 9.90 Å². The van der Waals surface area contributed by atoms with Crippen LogP contribution in [0.1, 0.15) is 30.7 Å². The average molecular weight is 279 g/mol. The van der Waals surface area contributed by atoms with Crippen molar-refractivity contribution in [3.05, 3.63) is 48.0 Å². The molecule has 3 nitrogen and oxygen atoms in total. The summed E-state index contributed by atoms with van der Waals surface area (Å²) in [6, 6.07) is 14.6. The minimum absolute atomic E-state index is 0.153. The van der Waals surface area contributed by atoms with Gasteiger partial charge in [-0.25, -0.2) is 0 Å². The number of rotatable bonds is 4. The first-order valence-corrected chi connectivity index (χ1v) is 7.44. The molecule has 2 N–H and O–H groups in total. The minimum atomic E-state index is -0.703. The molecule has 21 heavy (non-hydrogen) atoms. The number of aromatic nitrogens is 1. The number of nitrogens with one attached hydrogen (secondary N) is 1. The smallest absolute Gasteiger partial charge is 0.303 e. The third-order valence-corrected chi connectivity index (χ3v) is 4.54. The molecule has 1 saturated carbocycles. The van der Waals surface area contributed by atoms with E-state index in [-0.39, 0.29) is 12.3 Å². The molecule has 0 aliphatic heterocycles. The Balaban J connectivity index is 1.84. The van der Waals surface area contributed by atoms with Crippen molar-refractivity contribution in [2.24, 2.45) is 5.92 Å². The van der Waals surface area contributed by atoms with Crippen LogP contribution in [-0.2, 0) is 4.79 Å². The Morgan fingerprint density at radius 1 is 1.14 bits per heavy atom. The monoisotopic (exact) mass is 279 g/mol. The number of para-hydroxylation sites is 1. The Morgan fingerprint density at radius 2 is 1.90 bits per heavy atom. The maximum atomic E-state index is 11.1. The van der Waals surface area contributed by atoms with E-state index in [1.54, 1.807) is 0 Å². The summed E-state index contributed by atoms with van der Waals surface area (Å²) in [6.45, 7) is 0. The van der Waals surface area contributed by atoms with E-state index in [1.807, 2.05) is 12.1 Å². The van der Waals surface area contributed by atoms with Gasteiger partial charge in [-0.3, -0.25) is 4.79 Å². The molecular weight excluding hydrogens is 262 g/mol. The Kier molecular flexibility index (Phi) is 2.74. The molecule has 4 rings (SSSR count). The van der Waals surface area contributed by atoms with E-state index in [1.165, 1.54) is 10.8 Å². The van der Waals surface area contributed by atoms with E-state index >= 15 is 0 Å². The van der Waals surface area contributed by atoms with Gasteiger partial charge in [-0.2, -0.15) is 0 Å². The van der Waals surface area contributed by atoms with Gasteiger partial charge < -0.3 is 10.1 Å². The molecule has 2 aromatic carbocycles. The fourth-order valence-corrected chi connectivity index (χ4v) is 3.34. The fourth-order valence-electron chi connectivity index (χ4n) is 3.34. The summed E-state index contributed by atoms with van der Waals surface area (Å²) in [5.41, 5.74) is 3.41. The van der Waals surface area contributed by atoms with Crippen LogP contribution in [0.3, 0.4) is 0 Å². The summed E-state index contributed by atoms with van der Waals surface area (Å²) in [6.07, 6.45) is 2.55. The first kappa shape index (κ1) is 12.5. The number of hydrogen-bond acceptors (Lipinski definition) is 1. The van der Waals surface area contributed by atoms with Gasteiger partial charge in [0.2, 0.25) is 0 Å². The van der Waals surface area contributed by atoms with Crippen molar-refractivity contribution >= 4 is 27.8 Å². The van der Waals surface area contributed by atoms with Crippen LogP contribution in [0, 0.1) is 5.92 Å². The van der Waals surface area contributed by atoms with Crippen LogP contribution in [0.15, 0.2) is 42.5 Å². The second kappa shape index (κ2) is 4.62. The van der Waals surface area contributed by atoms with Gasteiger partial charge in [0.05, 0.1) is 6.42 Å². The zero-order valence-electron chi connectivity index (χ0n) is 11.7. The SMILES string of the molecule is O=C(O)CC(c1ccc2[nH]c3ccccc3c2c1)C1CC1. The summed E-state index contributed by atoms with van der Waals surface area (Å²) < 4.78 is 0. The van der Waals surface area contributed by atoms with Gasteiger partial charge in [-0.1, -0.05) is 24.3 Å². The van der Waals surface area contributed by atoms with Gasteiger partial charge in [-0.15, -0.1) is 0 Å². The normalized spacial score (nSPS) is 16.4. The Bertz CT molecular complexity index is 829. The number of fused-ring (bicyclic) bond motifs is 3. The van der Waals surface area contributed by atoms with E-state index in [0.29, 0.717) is 5.92 Å². The second-order valence-corrected chi connectivity index (χ2v) is 6.02. The third-order valence-electron chi connectivity index (χ3n) is 4.54. The topological polar surface area (TPSA) is 53.1 Å². The van der Waals surface area contributed by atoms with Gasteiger partial charge in [0.25, 0.3) is 0 Å². The first-order chi connectivity index (χ1) is 10.2. The molecule has 106 valence electrons. The molecule has 1 unspecified atom stereocenters. The van der Waals surface area contributed by atoms with Crippen LogP contribution < -0.4 is 0 Å². The largest absolute Gasteiger partial charge is 0.481 e. The van der Waals surface area contributed by atoms with E-state index in [0.717, 1.165) is 29.4 Å². The lowest BCUT2D eigenvalue weighted by Crippen LogP contribution is -2.08. The van der Waals surface area contributed by atoms with Crippen molar-refractivity contribution in [3.63, 3.8) is 0 Å². The van der Waals surface area contributed by atoms with Gasteiger partial charge in [0, 0.05) is 21.8 Å². The Morgan fingerprint density at radius 3 is 2.67 bits per heavy atom. The molecule has 3 aromatic rings. The lowest BCUT2D eigenvalue weighted by molar-refractivity contribution is -0.137. The molecule has 0 saturated heterocycles. The van der Waals surface area contributed by atoms with Gasteiger partial charge in [-0.05, 0) is 48.4 Å². The summed E-state index contributed by atoms with van der Waals surface area (Å²) >= 11 is 0. The molecule has 1 aliphatic carbocycles. The van der Waals surface area contributed by atoms with Gasteiger partial charge in [0.15, 0.2) is 0 Å². The first-order valence-electron chi connectivity index (χ1n) is 7.44. The molecule has 1 aromatic heterocycles. The molecule has 0 amide bonds. The van der Waals surface area contributed by atoms with Crippen LogP contribution >= 0.6 is 0 Å². The summed E-state index contributed by atoms with van der Waals surface area (Å²) in [5.74, 6) is -0.00441. The highest BCUT2D eigenvalue weighted by Gasteiger charge is 2.33. The molecule has 0 bridgehead atoms. The van der Waals surface area contributed by atoms with Crippen LogP contribution in [0.4, 0.5) is 0 Å². The van der Waals surface area contributed by atoms with Crippen LogP contribution in [0.25, 0.3) is 21.8 Å². The van der Waals surface area contributed by atoms with Gasteiger partial charge >= 0.3 is 5.97 Å². The van der Waals surface area contributed by atoms with Crippen molar-refractivity contribution in [3.8, 4) is 0 Å². The lowest BCUT2D eigenvalue weighted by Gasteiger charge is -2.14. The zero-order chi connectivity index (χ0) is 14.4. The standard InChI is InChI=1S/C18H17NO2/c20-18(21)10-14(11-5-6-11)12-7-8-17-15(9-12)13-3-1-2-4-16(13)19-17/h1-4,7-9,11,14,19H,5-6,10H2,(H,20,21). The van der Waals surface area contributed by atoms with Crippen LogP contribution in [0.2, 0.25) is 0 Å². The Labute approximate surface area is 122 Å². The number of benzene rings is 2. The minimum Gasteiger partial charge on any atom is -0.481 e. The molecule has 1 heterocycles. The number of hydrogen-bond donors (Lipinski definition) is 2. The third kappa shape index (κ3) is 2.19. The summed E-state index contributed by atoms with van der Waals surface area (Å²) in [5, 5.41) is 11.6. The highest BCUT2D eigenvalue weighted by Crippen LogP contribution is 2.45. The van der Waals surface area contributed by atoms with Crippen molar-refractivity contribution in [1.82, 2.24) is 4.98 Å². The van der Waals surface area contributed by atoms with E-state index < -0.39 is 5.97 Å². The lowest BCUT2D eigenvalue weighted by atomic mass is 9.90. The molecule has 0 radical (unpaired) electrons. The van der Waals surface area contributed by atoms with Crippen molar-refractivity contribution in [2.75, 3.05) is 0 Å². The number of carbonyl (C=O) groups is 1. The van der Waals surface area contributed by atoms with E-state index in [2.05, 4.69) is 35.3 Å². The molecular formula is C18H17NO2. The average Bonchev–Trinajstić information content (AvgIpc) is 3.25. The van der Waals surface area contributed by atoms with Crippen LogP contribution in [0.5, 0.6) is 0 Å². The van der Waals surface area contributed by atoms with Crippen molar-refractivity contribution in [1.29, 1.82) is 0 Å². The zero-order valence-corrected chi connectivity index (χ0v) is 11.7. The number of aliphatic carboxylic acids is 1. The molecule has 1 aliphatic rings. The van der Waals surface area contributed by atoms with Crippen molar-refractivity contribution in [2.45, 2.75) is 25.2 Å². The molecule has 1 fully saturated rings. The quantitative estimate of drug-likeness (QED) is 0.748. The molecule has 0 spiro atoms. The fraction of sp³-hybridized carbons (Fsp3) is 0.278. The van der Waals surface area contributed by atoms with Gasteiger partial charge in [0.1, 0.15) is 0 Å². The predicted octanol–water partition coefficient (Wildman–Crippen LogP) is 4.29. The number of H-pyrrole nitrogens is 1. The highest BCUT2D eigenvalue weighted by atomic mass is 16.4. The summed E-state index contributed by atoms with van der Waals surface area (Å²) in [7, 11) is 0. The maximum Gasteiger partial charge on any atom is 0.303 e. The van der Waals surface area contributed by atoms with E-state index in [4.69, 9.17) is 5.11 Å². The number of carboxylic acids is 1. The maximum absolute atomic E-state index is 11.1. The summed E-state index contributed by atoms with van der Waals surface area (Å²) in [4.78, 5) is 14.5. The molecule has 3 heteroatoms. The number of aromatic amines is 1. The molecule has 1 atom stereocenters. The highest BCUT2D eigenvalue weighted by molar-refractivity contribution is 6.07. The Hall–Kier alpha value is -2.29.